The molecule has 166 valence electrons. The van der Waals surface area contributed by atoms with Gasteiger partial charge in [-0.1, -0.05) is 6.07 Å². The molecule has 2 N–H and O–H groups in total. The van der Waals surface area contributed by atoms with Crippen LogP contribution in [-0.4, -0.2) is 10.2 Å². The lowest BCUT2D eigenvalue weighted by atomic mass is 10.3. The van der Waals surface area contributed by atoms with Gasteiger partial charge in [0.25, 0.3) is 0 Å². The largest absolute Gasteiger partial charge is 0.508 e. The number of phenolic OH excluding ortho intramolecular Hbond substituents is 2. The summed E-state index contributed by atoms with van der Waals surface area (Å²) in [5.74, 6) is 1.42. The highest BCUT2D eigenvalue weighted by Crippen LogP contribution is 2.54. The fourth-order valence-electron chi connectivity index (χ4n) is 1.94. The zero-order valence-corrected chi connectivity index (χ0v) is 30.3. The molecule has 0 radical (unpaired) electrons. The van der Waals surface area contributed by atoms with Gasteiger partial charge in [0.1, 0.15) is 11.5 Å². The lowest BCUT2D eigenvalue weighted by molar-refractivity contribution is 0.450. The third-order valence-electron chi connectivity index (χ3n) is 3.37. The molecule has 0 saturated heterocycles. The first-order valence-corrected chi connectivity index (χ1v) is 15.5. The molecule has 0 saturated carbocycles. The van der Waals surface area contributed by atoms with E-state index >= 15 is 0 Å². The number of rotatable bonds is 2. The van der Waals surface area contributed by atoms with E-state index in [1.807, 2.05) is 0 Å². The Morgan fingerprint density at radius 3 is 0.935 bits per heavy atom. The van der Waals surface area contributed by atoms with Gasteiger partial charge in [-0.05, 0) is 171 Å². The van der Waals surface area contributed by atoms with Crippen molar-refractivity contribution in [2.75, 3.05) is 0 Å². The topological polar surface area (TPSA) is 49.7 Å². The van der Waals surface area contributed by atoms with Crippen LogP contribution in [-0.2, 0) is 0 Å². The summed E-state index contributed by atoms with van der Waals surface area (Å²) in [4.78, 5) is 0. The molecule has 3 aromatic rings. The number of benzene rings is 3. The molecule has 0 atom stereocenters. The van der Waals surface area contributed by atoms with Crippen LogP contribution in [0.15, 0.2) is 69.0 Å². The van der Waals surface area contributed by atoms with E-state index in [1.165, 1.54) is 18.2 Å². The Morgan fingerprint density at radius 1 is 0.452 bits per heavy atom. The van der Waals surface area contributed by atoms with Crippen molar-refractivity contribution in [1.29, 1.82) is 0 Å². The molecule has 0 fully saturated rings. The lowest BCUT2D eigenvalue weighted by Crippen LogP contribution is -1.94. The molecule has 31 heavy (non-hydrogen) atoms. The number of phenols is 2. The number of aromatic hydroxyl groups is 2. The number of hydrogen-bond donors (Lipinski definition) is 2. The number of ether oxygens (including phenoxy) is 1. The second-order valence-corrected chi connectivity index (χ2v) is 13.3. The summed E-state index contributed by atoms with van der Waals surface area (Å²) in [5, 5.41) is 17.3. The van der Waals surface area contributed by atoms with Crippen molar-refractivity contribution in [3.05, 3.63) is 69.0 Å². The van der Waals surface area contributed by atoms with Crippen LogP contribution in [0.25, 0.3) is 0 Å². The monoisotopic (exact) mass is 1060 g/mol. The molecule has 0 aromatic heterocycles. The van der Waals surface area contributed by atoms with Crippen LogP contribution in [0.3, 0.4) is 0 Å². The molecule has 0 amide bonds. The quantitative estimate of drug-likeness (QED) is 0.199. The van der Waals surface area contributed by atoms with Gasteiger partial charge in [0.15, 0.2) is 11.5 Å². The van der Waals surface area contributed by atoms with Gasteiger partial charge in [0, 0.05) is 15.0 Å². The molecule has 0 aliphatic rings. The Kier molecular flexibility index (Phi) is 11.9. The fourth-order valence-corrected chi connectivity index (χ4v) is 8.29. The average Bonchev–Trinajstić information content (AvgIpc) is 2.73. The summed E-state index contributed by atoms with van der Waals surface area (Å²) in [5.41, 5.74) is 0. The smallest absolute Gasteiger partial charge is 0.158 e. The van der Waals surface area contributed by atoms with Gasteiger partial charge in [-0.3, -0.25) is 0 Å². The van der Waals surface area contributed by atoms with E-state index in [-0.39, 0.29) is 11.5 Å². The van der Waals surface area contributed by atoms with Crippen molar-refractivity contribution >= 4 is 159 Å². The van der Waals surface area contributed by atoms with Crippen LogP contribution in [0.1, 0.15) is 0 Å². The van der Waals surface area contributed by atoms with Crippen LogP contribution < -0.4 is 4.74 Å². The molecule has 0 aliphatic heterocycles. The second kappa shape index (κ2) is 12.7. The predicted molar refractivity (Wildman–Crippen MR) is 160 cm³/mol. The summed E-state index contributed by atoms with van der Waals surface area (Å²) < 4.78 is 14.4. The fraction of sp³-hybridized carbons (Fsp3) is 0. The summed E-state index contributed by atoms with van der Waals surface area (Å²) in [6.45, 7) is 0. The van der Waals surface area contributed by atoms with E-state index in [0.717, 1.165) is 44.7 Å². The van der Waals surface area contributed by atoms with Gasteiger partial charge in [-0.25, -0.2) is 0 Å². The molecular formula is C18H6Br10O3. The maximum Gasteiger partial charge on any atom is 0.158 e. The molecule has 0 spiro atoms. The highest BCUT2D eigenvalue weighted by atomic mass is 79.9. The summed E-state index contributed by atoms with van der Waals surface area (Å²) in [7, 11) is 0. The zero-order chi connectivity index (χ0) is 23.6. The standard InChI is InChI=1S/C12Br10O.C6H6O2/c13-1-3(15)7(19)11(8(20)4(1)16)23-12-9(21)5(17)2(14)6(18)10(12)22;7-5-2-1-3-6(8)4-5/h;1-4,7-8H. The molecule has 0 heterocycles. The van der Waals surface area contributed by atoms with Crippen molar-refractivity contribution in [3.63, 3.8) is 0 Å². The molecule has 3 rings (SSSR count). The van der Waals surface area contributed by atoms with Crippen molar-refractivity contribution in [2.45, 2.75) is 0 Å². The number of halogens is 10. The Hall–Kier alpha value is 1.86. The third kappa shape index (κ3) is 6.97. The molecular weight excluding hydrogens is 1060 g/mol. The van der Waals surface area contributed by atoms with Crippen molar-refractivity contribution < 1.29 is 14.9 Å². The van der Waals surface area contributed by atoms with Crippen molar-refractivity contribution in [2.24, 2.45) is 0 Å². The minimum absolute atomic E-state index is 0.0880. The molecule has 3 aromatic carbocycles. The Labute approximate surface area is 262 Å². The number of hydrogen-bond acceptors (Lipinski definition) is 3. The van der Waals surface area contributed by atoms with Gasteiger partial charge >= 0.3 is 0 Å². The summed E-state index contributed by atoms with van der Waals surface area (Å²) in [6.07, 6.45) is 0. The minimum Gasteiger partial charge on any atom is -0.508 e. The Bertz CT molecular complexity index is 1010. The second-order valence-electron chi connectivity index (χ2n) is 5.42. The molecule has 0 bridgehead atoms. The molecule has 0 aliphatic carbocycles. The first-order valence-electron chi connectivity index (χ1n) is 7.57. The third-order valence-corrected chi connectivity index (χ3v) is 15.4. The first kappa shape index (κ1) is 29.1. The van der Waals surface area contributed by atoms with E-state index in [9.17, 15) is 0 Å². The van der Waals surface area contributed by atoms with Crippen LogP contribution in [0.5, 0.6) is 23.0 Å². The highest BCUT2D eigenvalue weighted by Gasteiger charge is 2.24. The van der Waals surface area contributed by atoms with Crippen molar-refractivity contribution in [3.8, 4) is 23.0 Å². The van der Waals surface area contributed by atoms with E-state index in [0.29, 0.717) is 11.5 Å². The normalized spacial score (nSPS) is 10.5. The van der Waals surface area contributed by atoms with E-state index < -0.39 is 0 Å². The SMILES string of the molecule is Brc1c(Br)c(Br)c(Oc2c(Br)c(Br)c(Br)c(Br)c2Br)c(Br)c1Br.Oc1cccc(O)c1. The first-order chi connectivity index (χ1) is 14.4. The summed E-state index contributed by atoms with van der Waals surface area (Å²) in [6, 6.07) is 5.85. The van der Waals surface area contributed by atoms with Crippen LogP contribution in [0.4, 0.5) is 0 Å². The van der Waals surface area contributed by atoms with Gasteiger partial charge in [-0.2, -0.15) is 0 Å². The van der Waals surface area contributed by atoms with E-state index in [1.54, 1.807) is 6.07 Å². The van der Waals surface area contributed by atoms with Gasteiger partial charge in [0.05, 0.1) is 35.8 Å². The highest BCUT2D eigenvalue weighted by molar-refractivity contribution is 9.16. The minimum atomic E-state index is 0.0880. The van der Waals surface area contributed by atoms with Crippen LogP contribution in [0, 0.1) is 0 Å². The van der Waals surface area contributed by atoms with Gasteiger partial charge in [-0.15, -0.1) is 0 Å². The zero-order valence-electron chi connectivity index (χ0n) is 14.4. The van der Waals surface area contributed by atoms with E-state index in [4.69, 9.17) is 14.9 Å². The molecule has 0 unspecified atom stereocenters. The average molecular weight is 1070 g/mol. The maximum atomic E-state index is 8.65. The Balaban J connectivity index is 0.000000357. The van der Waals surface area contributed by atoms with Crippen molar-refractivity contribution in [1.82, 2.24) is 0 Å². The van der Waals surface area contributed by atoms with Gasteiger partial charge < -0.3 is 14.9 Å². The predicted octanol–water partition coefficient (Wildman–Crippen LogP) is 12.2. The maximum absolute atomic E-state index is 8.65. The van der Waals surface area contributed by atoms with E-state index in [2.05, 4.69) is 159 Å². The Morgan fingerprint density at radius 2 is 0.710 bits per heavy atom. The summed E-state index contributed by atoms with van der Waals surface area (Å²) >= 11 is 35.4. The van der Waals surface area contributed by atoms with Crippen LogP contribution in [0.2, 0.25) is 0 Å². The molecule has 3 nitrogen and oxygen atoms in total. The van der Waals surface area contributed by atoms with Crippen LogP contribution >= 0.6 is 159 Å². The lowest BCUT2D eigenvalue weighted by Gasteiger charge is -2.18. The van der Waals surface area contributed by atoms with Gasteiger partial charge in [0.2, 0.25) is 0 Å². The molecule has 13 heteroatoms.